The summed E-state index contributed by atoms with van der Waals surface area (Å²) in [6.07, 6.45) is 10.5. The number of amides is 1. The number of fused-ring (bicyclic) bond motifs is 1. The molecule has 0 saturated carbocycles. The number of phenols is 1. The minimum Gasteiger partial charge on any atom is -0.506 e. The number of anilines is 2. The molecule has 1 unspecified atom stereocenters. The van der Waals surface area contributed by atoms with Crippen molar-refractivity contribution in [2.45, 2.75) is 40.0 Å². The number of nitrogens with one attached hydrogen (secondary N) is 1. The molecule has 2 aromatic heterocycles. The van der Waals surface area contributed by atoms with E-state index in [0.717, 1.165) is 18.7 Å². The number of aromatic nitrogens is 3. The molecule has 1 amide bonds. The lowest BCUT2D eigenvalue weighted by atomic mass is 10.2. The van der Waals surface area contributed by atoms with Crippen LogP contribution in [0.1, 0.15) is 47.7 Å². The van der Waals surface area contributed by atoms with Crippen molar-refractivity contribution in [1.29, 1.82) is 0 Å². The normalized spacial score (nSPS) is 14.3. The Morgan fingerprint density at radius 2 is 1.91 bits per heavy atom. The highest BCUT2D eigenvalue weighted by atomic mass is 32.2. The molecule has 1 aliphatic heterocycles. The largest absolute Gasteiger partial charge is 0.506 e. The van der Waals surface area contributed by atoms with Gasteiger partial charge in [-0.1, -0.05) is 19.4 Å². The Bertz CT molecular complexity index is 1140. The summed E-state index contributed by atoms with van der Waals surface area (Å²) in [5.41, 5.74) is 8.54. The van der Waals surface area contributed by atoms with Gasteiger partial charge in [-0.05, 0) is 62.0 Å². The molecule has 35 heavy (non-hydrogen) atoms. The Morgan fingerprint density at radius 3 is 2.43 bits per heavy atom. The van der Waals surface area contributed by atoms with E-state index in [0.29, 0.717) is 28.1 Å². The van der Waals surface area contributed by atoms with Crippen LogP contribution < -0.4 is 11.1 Å². The minimum absolute atomic E-state index is 0.121. The van der Waals surface area contributed by atoms with Crippen LogP contribution in [0.2, 0.25) is 0 Å². The molecule has 1 fully saturated rings. The molecule has 0 radical (unpaired) electrons. The van der Waals surface area contributed by atoms with Gasteiger partial charge in [-0.15, -0.1) is 0 Å². The highest BCUT2D eigenvalue weighted by Crippen LogP contribution is 2.30. The van der Waals surface area contributed by atoms with Gasteiger partial charge in [0.15, 0.2) is 5.82 Å². The summed E-state index contributed by atoms with van der Waals surface area (Å²) in [7, 11) is -0.719. The average Bonchev–Trinajstić information content (AvgIpc) is 3.19. The zero-order valence-corrected chi connectivity index (χ0v) is 22.7. The second-order valence-electron chi connectivity index (χ2n) is 8.07. The number of nitrogens with zero attached hydrogens (tertiary/aromatic N) is 4. The van der Waals surface area contributed by atoms with Gasteiger partial charge in [-0.2, -0.15) is 16.9 Å². The molecule has 4 rings (SSSR count). The van der Waals surface area contributed by atoms with Crippen LogP contribution >= 0.6 is 11.8 Å². The first-order valence-corrected chi connectivity index (χ1v) is 14.4. The molecule has 0 aliphatic carbocycles. The van der Waals surface area contributed by atoms with Crippen LogP contribution in [0.4, 0.5) is 11.5 Å². The SMILES string of the molecule is CCSC.CS(=O)N1CCCCC1.Cc1ccc(Nc2ncnn3cc(C(N)=O)c(C)c23)c(O)c1. The van der Waals surface area contributed by atoms with E-state index in [9.17, 15) is 14.1 Å². The number of carbonyl (C=O) groups excluding carboxylic acids is 1. The Labute approximate surface area is 214 Å². The molecule has 9 nitrogen and oxygen atoms in total. The highest BCUT2D eigenvalue weighted by Gasteiger charge is 2.16. The molecular weight excluding hydrogens is 484 g/mol. The maximum atomic E-state index is 11.5. The van der Waals surface area contributed by atoms with Gasteiger partial charge < -0.3 is 16.2 Å². The van der Waals surface area contributed by atoms with Gasteiger partial charge in [0.1, 0.15) is 17.6 Å². The van der Waals surface area contributed by atoms with Crippen LogP contribution in [0.5, 0.6) is 5.75 Å². The molecule has 1 aliphatic rings. The van der Waals surface area contributed by atoms with E-state index >= 15 is 0 Å². The van der Waals surface area contributed by atoms with Crippen molar-refractivity contribution in [3.05, 3.63) is 47.4 Å². The summed E-state index contributed by atoms with van der Waals surface area (Å²) in [6.45, 7) is 7.87. The Balaban J connectivity index is 0.000000275. The third kappa shape index (κ3) is 8.22. The van der Waals surface area contributed by atoms with E-state index < -0.39 is 16.9 Å². The number of primary amides is 1. The monoisotopic (exact) mass is 520 g/mol. The fourth-order valence-corrected chi connectivity index (χ4v) is 4.27. The van der Waals surface area contributed by atoms with Gasteiger partial charge in [-0.3, -0.25) is 4.79 Å². The number of benzene rings is 1. The molecule has 11 heteroatoms. The third-order valence-corrected chi connectivity index (χ3v) is 7.14. The number of nitrogens with two attached hydrogens (primary N) is 1. The van der Waals surface area contributed by atoms with E-state index in [1.807, 2.05) is 29.1 Å². The van der Waals surface area contributed by atoms with E-state index in [1.165, 1.54) is 35.9 Å². The Kier molecular flexibility index (Phi) is 11.5. The molecule has 1 atom stereocenters. The van der Waals surface area contributed by atoms with Gasteiger partial charge in [0, 0.05) is 25.5 Å². The fraction of sp³-hybridized carbons (Fsp3) is 0.458. The Hall–Kier alpha value is -2.63. The second kappa shape index (κ2) is 14.1. The van der Waals surface area contributed by atoms with Crippen molar-refractivity contribution >= 4 is 45.7 Å². The number of rotatable bonds is 5. The van der Waals surface area contributed by atoms with Gasteiger partial charge >= 0.3 is 0 Å². The Morgan fingerprint density at radius 1 is 1.26 bits per heavy atom. The van der Waals surface area contributed by atoms with Gasteiger partial charge in [0.2, 0.25) is 0 Å². The fourth-order valence-electron chi connectivity index (χ4n) is 3.50. The summed E-state index contributed by atoms with van der Waals surface area (Å²) in [5, 5.41) is 17.1. The number of carbonyl (C=O) groups is 1. The lowest BCUT2D eigenvalue weighted by molar-refractivity contribution is 0.1000. The summed E-state index contributed by atoms with van der Waals surface area (Å²) < 4.78 is 14.4. The van der Waals surface area contributed by atoms with Crippen molar-refractivity contribution in [3.8, 4) is 5.75 Å². The van der Waals surface area contributed by atoms with Crippen LogP contribution in [-0.2, 0) is 11.0 Å². The predicted octanol–water partition coefficient (Wildman–Crippen LogP) is 4.03. The quantitative estimate of drug-likeness (QED) is 0.434. The standard InChI is InChI=1S/C15H15N5O2.C6H13NOS.C3H8S/c1-8-3-4-11(12(21)5-8)19-15-13-9(2)10(14(16)22)6-20(13)18-7-17-15;1-9(8)7-5-3-2-4-6-7;1-3-4-2/h3-7,21H,1-2H3,(H2,16,22)(H,17,18,19);2-6H2,1H3;3H2,1-2H3. The lowest BCUT2D eigenvalue weighted by Crippen LogP contribution is -2.30. The number of thioether (sulfide) groups is 1. The molecule has 0 spiro atoms. The van der Waals surface area contributed by atoms with E-state index in [1.54, 1.807) is 31.5 Å². The van der Waals surface area contributed by atoms with Crippen LogP contribution in [0.25, 0.3) is 5.52 Å². The number of hydrogen-bond donors (Lipinski definition) is 3. The van der Waals surface area contributed by atoms with Crippen LogP contribution in [0.15, 0.2) is 30.7 Å². The number of hydrogen-bond acceptors (Lipinski definition) is 7. The summed E-state index contributed by atoms with van der Waals surface area (Å²) in [4.78, 5) is 15.6. The molecule has 1 saturated heterocycles. The highest BCUT2D eigenvalue weighted by molar-refractivity contribution is 7.98. The maximum Gasteiger partial charge on any atom is 0.250 e. The predicted molar refractivity (Wildman–Crippen MR) is 146 cm³/mol. The second-order valence-corrected chi connectivity index (χ2v) is 10.6. The maximum absolute atomic E-state index is 11.5. The van der Waals surface area contributed by atoms with Gasteiger partial charge in [-0.25, -0.2) is 18.0 Å². The van der Waals surface area contributed by atoms with E-state index in [2.05, 4.69) is 28.6 Å². The number of phenolic OH excluding ortho intramolecular Hbond substituents is 1. The summed E-state index contributed by atoms with van der Waals surface area (Å²) in [6, 6.07) is 5.29. The number of aryl methyl sites for hydroxylation is 2. The van der Waals surface area contributed by atoms with Crippen LogP contribution in [0, 0.1) is 13.8 Å². The third-order valence-electron chi connectivity index (χ3n) is 5.47. The van der Waals surface area contributed by atoms with Crippen molar-refractivity contribution in [1.82, 2.24) is 18.9 Å². The molecule has 192 valence electrons. The summed E-state index contributed by atoms with van der Waals surface area (Å²) >= 11 is 1.86. The van der Waals surface area contributed by atoms with Gasteiger partial charge in [0.25, 0.3) is 5.91 Å². The van der Waals surface area contributed by atoms with Crippen LogP contribution in [0.3, 0.4) is 0 Å². The molecule has 4 N–H and O–H groups in total. The van der Waals surface area contributed by atoms with Crippen LogP contribution in [-0.4, -0.2) is 65.5 Å². The van der Waals surface area contributed by atoms with Crippen molar-refractivity contribution < 1.29 is 14.1 Å². The first kappa shape index (κ1) is 28.6. The van der Waals surface area contributed by atoms with Gasteiger partial charge in [0.05, 0.1) is 22.2 Å². The molecule has 3 heterocycles. The zero-order chi connectivity index (χ0) is 26.0. The first-order valence-electron chi connectivity index (χ1n) is 11.5. The molecule has 3 aromatic rings. The topological polar surface area (TPSA) is 126 Å². The number of piperidine rings is 1. The smallest absolute Gasteiger partial charge is 0.250 e. The van der Waals surface area contributed by atoms with E-state index in [-0.39, 0.29) is 5.75 Å². The average molecular weight is 521 g/mol. The number of aromatic hydroxyl groups is 1. The van der Waals surface area contributed by atoms with Crippen molar-refractivity contribution in [2.24, 2.45) is 5.73 Å². The first-order chi connectivity index (χ1) is 16.7. The molecule has 0 bridgehead atoms. The zero-order valence-electron chi connectivity index (χ0n) is 21.1. The molecular formula is C24H36N6O3S2. The van der Waals surface area contributed by atoms with Crippen molar-refractivity contribution in [2.75, 3.05) is 36.7 Å². The lowest BCUT2D eigenvalue weighted by Gasteiger charge is -2.22. The minimum atomic E-state index is -0.719. The summed E-state index contributed by atoms with van der Waals surface area (Å²) in [5.74, 6) is 1.32. The van der Waals surface area contributed by atoms with Crippen molar-refractivity contribution in [3.63, 3.8) is 0 Å². The molecule has 1 aromatic carbocycles. The van der Waals surface area contributed by atoms with E-state index in [4.69, 9.17) is 5.73 Å².